The fourth-order valence-electron chi connectivity index (χ4n) is 1.55. The number of nitrogens with zero attached hydrogens (tertiary/aromatic N) is 1. The quantitative estimate of drug-likeness (QED) is 0.220. The van der Waals surface area contributed by atoms with Crippen molar-refractivity contribution in [2.75, 3.05) is 31.6 Å². The maximum absolute atomic E-state index is 4.23. The summed E-state index contributed by atoms with van der Waals surface area (Å²) in [4.78, 5) is 5.63. The van der Waals surface area contributed by atoms with E-state index in [4.69, 9.17) is 0 Å². The van der Waals surface area contributed by atoms with E-state index in [0.29, 0.717) is 5.92 Å². The summed E-state index contributed by atoms with van der Waals surface area (Å²) in [6.07, 6.45) is 1.93. The average molecular weight is 425 g/mol. The second-order valence-corrected chi connectivity index (χ2v) is 6.29. The molecule has 0 aliphatic heterocycles. The van der Waals surface area contributed by atoms with Gasteiger partial charge in [-0.1, -0.05) is 19.1 Å². The number of aliphatic imine (C=N–C) groups is 1. The molecule has 114 valence electrons. The van der Waals surface area contributed by atoms with Gasteiger partial charge in [0.15, 0.2) is 5.96 Å². The number of thioether (sulfide) groups is 1. The average Bonchev–Trinajstić information content (AvgIpc) is 2.95. The van der Waals surface area contributed by atoms with Crippen LogP contribution < -0.4 is 10.6 Å². The molecular weight excluding hydrogens is 401 g/mol. The van der Waals surface area contributed by atoms with Crippen molar-refractivity contribution in [3.63, 3.8) is 0 Å². The molecule has 1 heterocycles. The van der Waals surface area contributed by atoms with E-state index < -0.39 is 0 Å². The molecule has 2 N–H and O–H groups in total. The Hall–Kier alpha value is -0.210. The lowest BCUT2D eigenvalue weighted by Crippen LogP contribution is -2.39. The van der Waals surface area contributed by atoms with Crippen molar-refractivity contribution < 1.29 is 0 Å². The molecule has 1 aromatic rings. The molecule has 1 unspecified atom stereocenters. The van der Waals surface area contributed by atoms with E-state index in [1.54, 1.807) is 11.3 Å². The first-order chi connectivity index (χ1) is 9.27. The van der Waals surface area contributed by atoms with Crippen molar-refractivity contribution in [3.8, 4) is 0 Å². The predicted octanol–water partition coefficient (Wildman–Crippen LogP) is 3.55. The second kappa shape index (κ2) is 12.5. The molecule has 1 atom stereocenters. The molecular formula is C14H24IN3S2. The van der Waals surface area contributed by atoms with Gasteiger partial charge < -0.3 is 10.6 Å². The molecule has 0 aliphatic carbocycles. The largest absolute Gasteiger partial charge is 0.356 e. The molecule has 0 spiro atoms. The summed E-state index contributed by atoms with van der Waals surface area (Å²) >= 11 is 3.67. The van der Waals surface area contributed by atoms with Crippen molar-refractivity contribution in [1.29, 1.82) is 0 Å². The lowest BCUT2D eigenvalue weighted by Gasteiger charge is -2.15. The third-order valence-electron chi connectivity index (χ3n) is 2.60. The Morgan fingerprint density at radius 2 is 2.35 bits per heavy atom. The topological polar surface area (TPSA) is 36.4 Å². The highest BCUT2D eigenvalue weighted by atomic mass is 127. The van der Waals surface area contributed by atoms with Crippen LogP contribution in [0.3, 0.4) is 0 Å². The highest BCUT2D eigenvalue weighted by molar-refractivity contribution is 14.0. The van der Waals surface area contributed by atoms with Crippen LogP contribution in [0.25, 0.3) is 0 Å². The Morgan fingerprint density at radius 3 is 2.95 bits per heavy atom. The van der Waals surface area contributed by atoms with Crippen molar-refractivity contribution >= 4 is 53.0 Å². The van der Waals surface area contributed by atoms with Crippen molar-refractivity contribution in [3.05, 3.63) is 35.0 Å². The monoisotopic (exact) mass is 425 g/mol. The van der Waals surface area contributed by atoms with E-state index in [2.05, 4.69) is 46.6 Å². The smallest absolute Gasteiger partial charge is 0.191 e. The molecule has 20 heavy (non-hydrogen) atoms. The third-order valence-corrected chi connectivity index (χ3v) is 4.67. The number of rotatable bonds is 8. The Bertz CT molecular complexity index is 380. The minimum atomic E-state index is 0. The summed E-state index contributed by atoms with van der Waals surface area (Å²) < 4.78 is 0. The summed E-state index contributed by atoms with van der Waals surface area (Å²) in [6, 6.07) is 4.28. The van der Waals surface area contributed by atoms with Crippen LogP contribution in [0.2, 0.25) is 0 Å². The first kappa shape index (κ1) is 19.8. The van der Waals surface area contributed by atoms with E-state index in [1.165, 1.54) is 4.88 Å². The van der Waals surface area contributed by atoms with Gasteiger partial charge in [-0.05, 0) is 11.4 Å². The van der Waals surface area contributed by atoms with E-state index in [9.17, 15) is 0 Å². The fraction of sp³-hybridized carbons (Fsp3) is 0.500. The molecule has 0 saturated heterocycles. The lowest BCUT2D eigenvalue weighted by molar-refractivity contribution is 0.713. The minimum Gasteiger partial charge on any atom is -0.356 e. The summed E-state index contributed by atoms with van der Waals surface area (Å²) in [6.45, 7) is 7.76. The molecule has 0 aliphatic rings. The van der Waals surface area contributed by atoms with Gasteiger partial charge in [-0.2, -0.15) is 11.8 Å². The van der Waals surface area contributed by atoms with Crippen LogP contribution in [0.15, 0.2) is 35.2 Å². The van der Waals surface area contributed by atoms with Gasteiger partial charge in [-0.25, -0.2) is 0 Å². The number of nitrogens with one attached hydrogen (secondary N) is 2. The Balaban J connectivity index is 0.00000361. The highest BCUT2D eigenvalue weighted by Crippen LogP contribution is 2.19. The van der Waals surface area contributed by atoms with Gasteiger partial charge in [0.25, 0.3) is 0 Å². The molecule has 6 heteroatoms. The molecule has 0 fully saturated rings. The zero-order valence-electron chi connectivity index (χ0n) is 12.1. The number of hydrogen-bond acceptors (Lipinski definition) is 3. The van der Waals surface area contributed by atoms with Crippen LogP contribution in [0.1, 0.15) is 17.7 Å². The Morgan fingerprint density at radius 1 is 1.55 bits per heavy atom. The van der Waals surface area contributed by atoms with Gasteiger partial charge in [-0.3, -0.25) is 4.99 Å². The third kappa shape index (κ3) is 8.16. The number of thiophene rings is 1. The normalized spacial score (nSPS) is 12.4. The molecule has 0 bridgehead atoms. The summed E-state index contributed by atoms with van der Waals surface area (Å²) in [5.74, 6) is 3.45. The van der Waals surface area contributed by atoms with Crippen LogP contribution in [0.4, 0.5) is 0 Å². The minimum absolute atomic E-state index is 0. The molecule has 0 saturated carbocycles. The van der Waals surface area contributed by atoms with Crippen LogP contribution in [-0.2, 0) is 0 Å². The Kier molecular flexibility index (Phi) is 12.4. The number of hydrogen-bond donors (Lipinski definition) is 2. The SMILES string of the molecule is C=CCSCCNC(=NC)NCC(C)c1cccs1.I. The zero-order chi connectivity index (χ0) is 13.9. The van der Waals surface area contributed by atoms with Gasteiger partial charge >= 0.3 is 0 Å². The molecule has 0 amide bonds. The summed E-state index contributed by atoms with van der Waals surface area (Å²) in [7, 11) is 1.81. The van der Waals surface area contributed by atoms with Crippen LogP contribution in [-0.4, -0.2) is 37.6 Å². The molecule has 1 rings (SSSR count). The van der Waals surface area contributed by atoms with Gasteiger partial charge in [0.2, 0.25) is 0 Å². The zero-order valence-corrected chi connectivity index (χ0v) is 16.1. The van der Waals surface area contributed by atoms with E-state index >= 15 is 0 Å². The number of guanidine groups is 1. The van der Waals surface area contributed by atoms with Crippen molar-refractivity contribution in [1.82, 2.24) is 10.6 Å². The maximum atomic E-state index is 4.23. The van der Waals surface area contributed by atoms with Crippen molar-refractivity contribution in [2.24, 2.45) is 4.99 Å². The van der Waals surface area contributed by atoms with Gasteiger partial charge in [0.1, 0.15) is 0 Å². The highest BCUT2D eigenvalue weighted by Gasteiger charge is 2.07. The van der Waals surface area contributed by atoms with E-state index in [1.807, 2.05) is 24.9 Å². The molecule has 1 aromatic heterocycles. The summed E-state index contributed by atoms with van der Waals surface area (Å²) in [5, 5.41) is 8.80. The molecule has 0 radical (unpaired) electrons. The van der Waals surface area contributed by atoms with Crippen molar-refractivity contribution in [2.45, 2.75) is 12.8 Å². The lowest BCUT2D eigenvalue weighted by atomic mass is 10.1. The standard InChI is InChI=1S/C14H23N3S2.HI/c1-4-8-18-10-7-16-14(15-3)17-11-12(2)13-6-5-9-19-13;/h4-6,9,12H,1,7-8,10-11H2,2-3H3,(H2,15,16,17);1H. The van der Waals surface area contributed by atoms with Crippen LogP contribution >= 0.6 is 47.1 Å². The van der Waals surface area contributed by atoms with Crippen LogP contribution in [0.5, 0.6) is 0 Å². The molecule has 3 nitrogen and oxygen atoms in total. The molecule has 0 aromatic carbocycles. The second-order valence-electron chi connectivity index (χ2n) is 4.16. The summed E-state index contributed by atoms with van der Waals surface area (Å²) in [5.41, 5.74) is 0. The predicted molar refractivity (Wildman–Crippen MR) is 105 cm³/mol. The maximum Gasteiger partial charge on any atom is 0.191 e. The van der Waals surface area contributed by atoms with Gasteiger partial charge in [-0.15, -0.1) is 41.9 Å². The van der Waals surface area contributed by atoms with E-state index in [-0.39, 0.29) is 24.0 Å². The van der Waals surface area contributed by atoms with E-state index in [0.717, 1.165) is 30.6 Å². The first-order valence-electron chi connectivity index (χ1n) is 6.44. The number of halogens is 1. The van der Waals surface area contributed by atoms with Gasteiger partial charge in [0, 0.05) is 42.4 Å². The Labute approximate surface area is 147 Å². The fourth-order valence-corrected chi connectivity index (χ4v) is 2.92. The van der Waals surface area contributed by atoms with Gasteiger partial charge in [0.05, 0.1) is 0 Å². The van der Waals surface area contributed by atoms with Crippen LogP contribution in [0, 0.1) is 0 Å². The first-order valence-corrected chi connectivity index (χ1v) is 8.48.